The van der Waals surface area contributed by atoms with Crippen LogP contribution in [0.5, 0.6) is 0 Å². The molecule has 1 aromatic heterocycles. The lowest BCUT2D eigenvalue weighted by atomic mass is 9.81. The van der Waals surface area contributed by atoms with Crippen molar-refractivity contribution >= 4 is 11.7 Å². The van der Waals surface area contributed by atoms with E-state index in [-0.39, 0.29) is 16.7 Å². The molecule has 118 valence electrons. The van der Waals surface area contributed by atoms with E-state index in [0.29, 0.717) is 12.2 Å². The lowest BCUT2D eigenvalue weighted by Gasteiger charge is -2.24. The van der Waals surface area contributed by atoms with Crippen molar-refractivity contribution in [2.45, 2.75) is 51.9 Å². The second kappa shape index (κ2) is 5.95. The average molecular weight is 300 g/mol. The van der Waals surface area contributed by atoms with Crippen LogP contribution in [0.15, 0.2) is 40.9 Å². The summed E-state index contributed by atoms with van der Waals surface area (Å²) >= 11 is 0. The molecule has 1 amide bonds. The number of amides is 1. The van der Waals surface area contributed by atoms with Crippen molar-refractivity contribution in [2.24, 2.45) is 0 Å². The summed E-state index contributed by atoms with van der Waals surface area (Å²) in [5.74, 6) is 1.16. The highest BCUT2D eigenvalue weighted by Gasteiger charge is 2.25. The van der Waals surface area contributed by atoms with Crippen molar-refractivity contribution in [1.29, 1.82) is 0 Å². The van der Waals surface area contributed by atoms with Gasteiger partial charge in [-0.1, -0.05) is 70.1 Å². The largest absolute Gasteiger partial charge is 0.359 e. The molecule has 0 aliphatic rings. The van der Waals surface area contributed by atoms with Crippen LogP contribution in [0.3, 0.4) is 0 Å². The van der Waals surface area contributed by atoms with Crippen LogP contribution in [-0.2, 0) is 15.6 Å². The van der Waals surface area contributed by atoms with Crippen molar-refractivity contribution in [3.05, 3.63) is 47.7 Å². The van der Waals surface area contributed by atoms with E-state index in [9.17, 15) is 4.79 Å². The van der Waals surface area contributed by atoms with Crippen LogP contribution in [0.25, 0.3) is 0 Å². The lowest BCUT2D eigenvalue weighted by molar-refractivity contribution is -0.117. The smallest absolute Gasteiger partial charge is 0.226 e. The van der Waals surface area contributed by atoms with Crippen LogP contribution in [0.2, 0.25) is 0 Å². The molecule has 0 atom stereocenters. The maximum atomic E-state index is 12.3. The van der Waals surface area contributed by atoms with E-state index in [2.05, 4.69) is 24.3 Å². The molecule has 22 heavy (non-hydrogen) atoms. The Kier molecular flexibility index (Phi) is 4.40. The van der Waals surface area contributed by atoms with Crippen LogP contribution >= 0.6 is 0 Å². The Hall–Kier alpha value is -2.10. The number of benzene rings is 1. The maximum absolute atomic E-state index is 12.3. The molecule has 0 aliphatic carbocycles. The Bertz CT molecular complexity index is 637. The first-order valence-electron chi connectivity index (χ1n) is 7.51. The number of aromatic nitrogens is 1. The number of nitrogens with one attached hydrogen (secondary N) is 1. The predicted octanol–water partition coefficient (Wildman–Crippen LogP) is 4.28. The minimum atomic E-state index is -0.234. The van der Waals surface area contributed by atoms with Gasteiger partial charge in [0.15, 0.2) is 5.82 Å². The van der Waals surface area contributed by atoms with Gasteiger partial charge in [-0.3, -0.25) is 4.79 Å². The normalized spacial score (nSPS) is 12.2. The third kappa shape index (κ3) is 3.97. The highest BCUT2D eigenvalue weighted by Crippen LogP contribution is 2.28. The van der Waals surface area contributed by atoms with Crippen molar-refractivity contribution in [1.82, 2.24) is 5.16 Å². The zero-order valence-corrected chi connectivity index (χ0v) is 13.9. The molecule has 1 N–H and O–H groups in total. The average Bonchev–Trinajstić information content (AvgIpc) is 2.87. The van der Waals surface area contributed by atoms with Gasteiger partial charge < -0.3 is 9.84 Å². The predicted molar refractivity (Wildman–Crippen MR) is 87.9 cm³/mol. The molecule has 0 unspecified atom stereocenters. The number of carbonyl (C=O) groups excluding carboxylic acids is 1. The highest BCUT2D eigenvalue weighted by atomic mass is 16.5. The maximum Gasteiger partial charge on any atom is 0.226 e. The van der Waals surface area contributed by atoms with E-state index in [0.717, 1.165) is 11.3 Å². The summed E-state index contributed by atoms with van der Waals surface area (Å²) in [5.41, 5.74) is 0.780. The van der Waals surface area contributed by atoms with E-state index in [1.54, 1.807) is 6.07 Å². The molecule has 0 bridgehead atoms. The summed E-state index contributed by atoms with van der Waals surface area (Å²) in [6.07, 6.45) is 0.384. The van der Waals surface area contributed by atoms with Gasteiger partial charge in [0, 0.05) is 17.9 Å². The molecule has 0 saturated carbocycles. The Morgan fingerprint density at radius 1 is 1.14 bits per heavy atom. The number of hydrogen-bond donors (Lipinski definition) is 1. The standard InChI is InChI=1S/C18H24N2O2/c1-17(2,3)14-11-15(20-22-14)19-16(21)12-18(4,5)13-9-7-6-8-10-13/h6-11H,12H2,1-5H3,(H,19,20,21). The third-order valence-electron chi connectivity index (χ3n) is 3.67. The molecule has 0 saturated heterocycles. The van der Waals surface area contributed by atoms with Crippen molar-refractivity contribution in [3.8, 4) is 0 Å². The van der Waals surface area contributed by atoms with Gasteiger partial charge in [0.25, 0.3) is 0 Å². The molecular formula is C18H24N2O2. The summed E-state index contributed by atoms with van der Waals surface area (Å²) in [6.45, 7) is 10.2. The molecule has 2 rings (SSSR count). The molecule has 0 spiro atoms. The molecule has 0 radical (unpaired) electrons. The number of carbonyl (C=O) groups is 1. The summed E-state index contributed by atoms with van der Waals surface area (Å²) < 4.78 is 5.28. The second-order valence-corrected chi connectivity index (χ2v) is 7.30. The summed E-state index contributed by atoms with van der Waals surface area (Å²) in [7, 11) is 0. The Morgan fingerprint density at radius 2 is 1.77 bits per heavy atom. The quantitative estimate of drug-likeness (QED) is 0.917. The van der Waals surface area contributed by atoms with Gasteiger partial charge in [-0.25, -0.2) is 0 Å². The van der Waals surface area contributed by atoms with E-state index >= 15 is 0 Å². The third-order valence-corrected chi connectivity index (χ3v) is 3.67. The van der Waals surface area contributed by atoms with Gasteiger partial charge in [-0.15, -0.1) is 0 Å². The van der Waals surface area contributed by atoms with Gasteiger partial charge in [-0.2, -0.15) is 0 Å². The van der Waals surface area contributed by atoms with Gasteiger partial charge in [0.05, 0.1) is 0 Å². The monoisotopic (exact) mass is 300 g/mol. The van der Waals surface area contributed by atoms with Gasteiger partial charge in [0.2, 0.25) is 5.91 Å². The molecule has 0 aliphatic heterocycles. The van der Waals surface area contributed by atoms with Crippen molar-refractivity contribution < 1.29 is 9.32 Å². The fourth-order valence-corrected chi connectivity index (χ4v) is 2.27. The van der Waals surface area contributed by atoms with Crippen molar-refractivity contribution in [3.63, 3.8) is 0 Å². The van der Waals surface area contributed by atoms with Gasteiger partial charge >= 0.3 is 0 Å². The van der Waals surface area contributed by atoms with E-state index in [1.165, 1.54) is 0 Å². The highest BCUT2D eigenvalue weighted by molar-refractivity contribution is 5.90. The van der Waals surface area contributed by atoms with Crippen LogP contribution in [-0.4, -0.2) is 11.1 Å². The minimum Gasteiger partial charge on any atom is -0.359 e. The summed E-state index contributed by atoms with van der Waals surface area (Å²) in [5, 5.41) is 6.73. The first-order chi connectivity index (χ1) is 10.2. The first kappa shape index (κ1) is 16.3. The van der Waals surface area contributed by atoms with E-state index < -0.39 is 0 Å². The number of hydrogen-bond acceptors (Lipinski definition) is 3. The van der Waals surface area contributed by atoms with Crippen LogP contribution in [0.4, 0.5) is 5.82 Å². The number of rotatable bonds is 4. The second-order valence-electron chi connectivity index (χ2n) is 7.30. The fourth-order valence-electron chi connectivity index (χ4n) is 2.27. The van der Waals surface area contributed by atoms with Gasteiger partial charge in [-0.05, 0) is 11.0 Å². The molecule has 4 heteroatoms. The SMILES string of the molecule is CC(C)(C)c1cc(NC(=O)CC(C)(C)c2ccccc2)no1. The summed E-state index contributed by atoms with van der Waals surface area (Å²) in [6, 6.07) is 11.8. The fraction of sp³-hybridized carbons (Fsp3) is 0.444. The topological polar surface area (TPSA) is 55.1 Å². The molecule has 4 nitrogen and oxygen atoms in total. The molecule has 1 heterocycles. The zero-order valence-electron chi connectivity index (χ0n) is 13.9. The summed E-state index contributed by atoms with van der Waals surface area (Å²) in [4.78, 5) is 12.3. The van der Waals surface area contributed by atoms with Crippen molar-refractivity contribution in [2.75, 3.05) is 5.32 Å². The van der Waals surface area contributed by atoms with Crippen LogP contribution in [0.1, 0.15) is 52.4 Å². The minimum absolute atomic E-state index is 0.0670. The number of anilines is 1. The lowest BCUT2D eigenvalue weighted by Crippen LogP contribution is -2.25. The molecular weight excluding hydrogens is 276 g/mol. The van der Waals surface area contributed by atoms with Crippen LogP contribution < -0.4 is 5.32 Å². The Morgan fingerprint density at radius 3 is 2.32 bits per heavy atom. The van der Waals surface area contributed by atoms with E-state index in [4.69, 9.17) is 4.52 Å². The van der Waals surface area contributed by atoms with E-state index in [1.807, 2.05) is 51.1 Å². The molecule has 0 fully saturated rings. The Labute approximate surface area is 131 Å². The first-order valence-corrected chi connectivity index (χ1v) is 7.51. The number of nitrogens with zero attached hydrogens (tertiary/aromatic N) is 1. The molecule has 1 aromatic carbocycles. The zero-order chi connectivity index (χ0) is 16.4. The van der Waals surface area contributed by atoms with Crippen LogP contribution in [0, 0.1) is 0 Å². The Balaban J connectivity index is 2.03. The van der Waals surface area contributed by atoms with Gasteiger partial charge in [0.1, 0.15) is 5.76 Å². The molecule has 2 aromatic rings.